The third-order valence-corrected chi connectivity index (χ3v) is 5.36. The molecule has 24 heavy (non-hydrogen) atoms. The van der Waals surface area contributed by atoms with Crippen molar-refractivity contribution in [1.29, 1.82) is 0 Å². The van der Waals surface area contributed by atoms with Gasteiger partial charge >= 0.3 is 0 Å². The molecule has 3 aromatic rings. The van der Waals surface area contributed by atoms with Gasteiger partial charge < -0.3 is 0 Å². The van der Waals surface area contributed by atoms with Crippen LogP contribution in [-0.4, -0.2) is 12.6 Å². The summed E-state index contributed by atoms with van der Waals surface area (Å²) < 4.78 is 0. The second-order valence-corrected chi connectivity index (χ2v) is 6.51. The van der Waals surface area contributed by atoms with Crippen LogP contribution >= 0.6 is 0 Å². The van der Waals surface area contributed by atoms with Crippen molar-refractivity contribution in [2.75, 3.05) is 0 Å². The minimum absolute atomic E-state index is 0.136. The summed E-state index contributed by atoms with van der Waals surface area (Å²) in [4.78, 5) is 22.5. The van der Waals surface area contributed by atoms with Crippen molar-refractivity contribution in [2.24, 2.45) is 0 Å². The summed E-state index contributed by atoms with van der Waals surface area (Å²) in [6.07, 6.45) is 1.82. The molecule has 0 aliphatic heterocycles. The van der Waals surface area contributed by atoms with E-state index in [0.717, 1.165) is 12.6 Å². The van der Waals surface area contributed by atoms with Crippen LogP contribution in [0.1, 0.15) is 65.9 Å². The van der Waals surface area contributed by atoms with E-state index in [1.165, 1.54) is 33.4 Å². The van der Waals surface area contributed by atoms with E-state index in [4.69, 9.17) is 0 Å². The fraction of sp³-hybridized carbons (Fsp3) is 0.0909. The highest BCUT2D eigenvalue weighted by molar-refractivity contribution is 5.80. The number of aldehydes is 2. The van der Waals surface area contributed by atoms with E-state index in [-0.39, 0.29) is 11.8 Å². The number of benzene rings is 3. The molecule has 0 heterocycles. The quantitative estimate of drug-likeness (QED) is 0.456. The first-order valence-corrected chi connectivity index (χ1v) is 8.08. The monoisotopic (exact) mass is 310 g/mol. The first-order valence-electron chi connectivity index (χ1n) is 8.08. The van der Waals surface area contributed by atoms with Crippen LogP contribution in [0.3, 0.4) is 0 Å². The zero-order valence-corrected chi connectivity index (χ0v) is 12.9. The van der Waals surface area contributed by atoms with Crippen LogP contribution < -0.4 is 0 Å². The van der Waals surface area contributed by atoms with Crippen LogP contribution in [0.15, 0.2) is 60.7 Å². The molecule has 0 aromatic heterocycles. The number of rotatable bonds is 2. The molecule has 0 amide bonds. The van der Waals surface area contributed by atoms with E-state index in [1.54, 1.807) is 0 Å². The fourth-order valence-corrected chi connectivity index (χ4v) is 4.40. The number of carbonyl (C=O) groups is 2. The zero-order valence-electron chi connectivity index (χ0n) is 12.9. The Kier molecular flexibility index (Phi) is 2.66. The molecule has 6 rings (SSSR count). The van der Waals surface area contributed by atoms with Crippen LogP contribution in [0.25, 0.3) is 0 Å². The molecule has 0 saturated carbocycles. The highest BCUT2D eigenvalue weighted by atomic mass is 16.1. The Bertz CT molecular complexity index is 934. The Hall–Kier alpha value is -3.00. The largest absolute Gasteiger partial charge is 0.298 e. The number of hydrogen-bond donors (Lipinski definition) is 0. The van der Waals surface area contributed by atoms with Gasteiger partial charge in [0.15, 0.2) is 0 Å². The standard InChI is InChI=1S/C22H14O2/c23-11-13-6-8-18-19(9-13)21-15-3-1-2-4-16(15)22(18)20-10-14(12-24)5-7-17(20)21/h1-12,21-22H/t21-,22?/m0/s1. The van der Waals surface area contributed by atoms with Gasteiger partial charge in [-0.2, -0.15) is 0 Å². The molecule has 2 nitrogen and oxygen atoms in total. The topological polar surface area (TPSA) is 34.1 Å². The summed E-state index contributed by atoms with van der Waals surface area (Å²) in [5.74, 6) is 0.272. The Labute approximate surface area is 139 Å². The van der Waals surface area contributed by atoms with Crippen molar-refractivity contribution >= 4 is 12.6 Å². The van der Waals surface area contributed by atoms with E-state index >= 15 is 0 Å². The predicted octanol–water partition coefficient (Wildman–Crippen LogP) is 4.30. The van der Waals surface area contributed by atoms with E-state index in [1.807, 2.05) is 24.3 Å². The summed E-state index contributed by atoms with van der Waals surface area (Å²) in [7, 11) is 0. The van der Waals surface area contributed by atoms with Crippen molar-refractivity contribution in [2.45, 2.75) is 11.8 Å². The van der Waals surface area contributed by atoms with Gasteiger partial charge in [-0.05, 0) is 45.5 Å². The fourth-order valence-electron chi connectivity index (χ4n) is 4.40. The molecule has 3 aliphatic carbocycles. The van der Waals surface area contributed by atoms with Crippen LogP contribution in [-0.2, 0) is 0 Å². The zero-order chi connectivity index (χ0) is 16.3. The summed E-state index contributed by atoms with van der Waals surface area (Å²) in [6, 6.07) is 20.5. The molecule has 114 valence electrons. The lowest BCUT2D eigenvalue weighted by molar-refractivity contribution is 0.111. The first-order chi connectivity index (χ1) is 11.8. The van der Waals surface area contributed by atoms with E-state index in [2.05, 4.69) is 36.4 Å². The van der Waals surface area contributed by atoms with Crippen molar-refractivity contribution in [3.63, 3.8) is 0 Å². The van der Waals surface area contributed by atoms with E-state index in [9.17, 15) is 9.59 Å². The van der Waals surface area contributed by atoms with Gasteiger partial charge in [0.1, 0.15) is 12.6 Å². The van der Waals surface area contributed by atoms with Gasteiger partial charge in [0, 0.05) is 23.0 Å². The number of carbonyl (C=O) groups excluding carboxylic acids is 2. The first kappa shape index (κ1) is 13.4. The smallest absolute Gasteiger partial charge is 0.150 e. The molecule has 0 spiro atoms. The van der Waals surface area contributed by atoms with Gasteiger partial charge in [-0.3, -0.25) is 9.59 Å². The predicted molar refractivity (Wildman–Crippen MR) is 92.0 cm³/mol. The lowest BCUT2D eigenvalue weighted by Crippen LogP contribution is -2.27. The normalized spacial score (nSPS) is 19.2. The van der Waals surface area contributed by atoms with Gasteiger partial charge in [-0.15, -0.1) is 0 Å². The molecule has 2 heteroatoms. The highest BCUT2D eigenvalue weighted by Gasteiger charge is 2.41. The lowest BCUT2D eigenvalue weighted by atomic mass is 9.61. The van der Waals surface area contributed by atoms with E-state index in [0.29, 0.717) is 11.1 Å². The maximum Gasteiger partial charge on any atom is 0.150 e. The lowest BCUT2D eigenvalue weighted by Gasteiger charge is -2.42. The molecule has 2 bridgehead atoms. The van der Waals surface area contributed by atoms with Gasteiger partial charge in [-0.25, -0.2) is 0 Å². The number of hydrogen-bond acceptors (Lipinski definition) is 2. The third kappa shape index (κ3) is 1.60. The molecule has 0 saturated heterocycles. The molecule has 0 fully saturated rings. The maximum atomic E-state index is 11.2. The minimum atomic E-state index is 0.136. The molecule has 3 aliphatic rings. The maximum absolute atomic E-state index is 11.2. The summed E-state index contributed by atoms with van der Waals surface area (Å²) in [5.41, 5.74) is 8.98. The van der Waals surface area contributed by atoms with Crippen molar-refractivity contribution in [3.8, 4) is 0 Å². The SMILES string of the molecule is O=Cc1ccc2c(c1)C1c3ccccc3[C@@H]2c2cc(C=O)ccc21. The summed E-state index contributed by atoms with van der Waals surface area (Å²) in [6.45, 7) is 0. The van der Waals surface area contributed by atoms with Gasteiger partial charge in [0.25, 0.3) is 0 Å². The summed E-state index contributed by atoms with van der Waals surface area (Å²) >= 11 is 0. The van der Waals surface area contributed by atoms with Crippen molar-refractivity contribution < 1.29 is 9.59 Å². The average molecular weight is 310 g/mol. The van der Waals surface area contributed by atoms with Gasteiger partial charge in [0.05, 0.1) is 0 Å². The Morgan fingerprint density at radius 3 is 1.38 bits per heavy atom. The van der Waals surface area contributed by atoms with Crippen molar-refractivity contribution in [3.05, 3.63) is 105 Å². The Morgan fingerprint density at radius 1 is 0.542 bits per heavy atom. The Balaban J connectivity index is 1.86. The van der Waals surface area contributed by atoms with E-state index < -0.39 is 0 Å². The average Bonchev–Trinajstić information content (AvgIpc) is 2.66. The molecule has 0 N–H and O–H groups in total. The highest BCUT2D eigenvalue weighted by Crippen LogP contribution is 2.55. The summed E-state index contributed by atoms with van der Waals surface area (Å²) in [5, 5.41) is 0. The molecule has 1 unspecified atom stereocenters. The van der Waals surface area contributed by atoms with Crippen LogP contribution in [0.5, 0.6) is 0 Å². The van der Waals surface area contributed by atoms with Gasteiger partial charge in [-0.1, -0.05) is 48.5 Å². The van der Waals surface area contributed by atoms with Crippen molar-refractivity contribution in [1.82, 2.24) is 0 Å². The van der Waals surface area contributed by atoms with Crippen LogP contribution in [0.2, 0.25) is 0 Å². The van der Waals surface area contributed by atoms with Crippen LogP contribution in [0.4, 0.5) is 0 Å². The second kappa shape index (κ2) is 4.75. The second-order valence-electron chi connectivity index (χ2n) is 6.51. The Morgan fingerprint density at radius 2 is 0.958 bits per heavy atom. The molecule has 2 atom stereocenters. The van der Waals surface area contributed by atoms with Crippen LogP contribution in [0, 0.1) is 0 Å². The molecule has 0 radical (unpaired) electrons. The molecule has 3 aromatic carbocycles. The molecular weight excluding hydrogens is 296 g/mol. The third-order valence-electron chi connectivity index (χ3n) is 5.36. The van der Waals surface area contributed by atoms with Gasteiger partial charge in [0.2, 0.25) is 0 Å². The minimum Gasteiger partial charge on any atom is -0.298 e. The molecular formula is C22H14O2.